The van der Waals surface area contributed by atoms with Gasteiger partial charge in [-0.05, 0) is 45.8 Å². The maximum absolute atomic E-state index is 12.1. The minimum atomic E-state index is -0.813. The highest BCUT2D eigenvalue weighted by Gasteiger charge is 2.33. The Morgan fingerprint density at radius 3 is 1.65 bits per heavy atom. The van der Waals surface area contributed by atoms with E-state index >= 15 is 0 Å². The molecule has 1 N–H and O–H groups in total. The van der Waals surface area contributed by atoms with E-state index in [2.05, 4.69) is 74.4 Å². The van der Waals surface area contributed by atoms with Crippen LogP contribution < -0.4 is 0 Å². The van der Waals surface area contributed by atoms with Crippen LogP contribution in [0, 0.1) is 0 Å². The van der Waals surface area contributed by atoms with Crippen LogP contribution in [0.25, 0.3) is 0 Å². The van der Waals surface area contributed by atoms with Crippen molar-refractivity contribution in [2.24, 2.45) is 0 Å². The third-order valence-corrected chi connectivity index (χ3v) is 5.44. The van der Waals surface area contributed by atoms with Crippen LogP contribution in [0.1, 0.15) is 102 Å². The Balaban J connectivity index is 3.92. The lowest BCUT2D eigenvalue weighted by molar-refractivity contribution is 0.0691. The third kappa shape index (κ3) is 3.97. The number of carboxylic acid groups (broad SMARTS) is 1. The average Bonchev–Trinajstić information content (AvgIpc) is 2.44. The second-order valence-corrected chi connectivity index (χ2v) is 8.98. The molecule has 0 bridgehead atoms. The van der Waals surface area contributed by atoms with Crippen molar-refractivity contribution < 1.29 is 9.90 Å². The molecular formula is C21H34O2. The van der Waals surface area contributed by atoms with Crippen LogP contribution in [-0.4, -0.2) is 11.1 Å². The van der Waals surface area contributed by atoms with E-state index in [-0.39, 0.29) is 16.2 Å². The lowest BCUT2D eigenvalue weighted by Crippen LogP contribution is -2.28. The van der Waals surface area contributed by atoms with Crippen molar-refractivity contribution >= 4 is 5.97 Å². The first-order valence-corrected chi connectivity index (χ1v) is 8.70. The molecule has 0 atom stereocenters. The zero-order valence-electron chi connectivity index (χ0n) is 16.4. The van der Waals surface area contributed by atoms with Gasteiger partial charge in [-0.3, -0.25) is 0 Å². The normalized spacial score (nSPS) is 13.3. The minimum absolute atomic E-state index is 0.0373. The van der Waals surface area contributed by atoms with Crippen molar-refractivity contribution in [1.29, 1.82) is 0 Å². The number of hydrogen-bond donors (Lipinski definition) is 1. The highest BCUT2D eigenvalue weighted by atomic mass is 16.4. The Morgan fingerprint density at radius 1 is 0.870 bits per heavy atom. The quantitative estimate of drug-likeness (QED) is 0.716. The van der Waals surface area contributed by atoms with E-state index < -0.39 is 5.97 Å². The van der Waals surface area contributed by atoms with Crippen molar-refractivity contribution in [2.75, 3.05) is 0 Å². The average molecular weight is 319 g/mol. The van der Waals surface area contributed by atoms with Gasteiger partial charge in [0.05, 0.1) is 5.56 Å². The molecule has 2 nitrogen and oxygen atoms in total. The fourth-order valence-corrected chi connectivity index (χ4v) is 2.78. The molecule has 0 spiro atoms. The van der Waals surface area contributed by atoms with Crippen molar-refractivity contribution in [2.45, 2.75) is 91.4 Å². The first kappa shape index (κ1) is 19.7. The number of aromatic carboxylic acids is 1. The van der Waals surface area contributed by atoms with Gasteiger partial charge >= 0.3 is 5.97 Å². The molecule has 1 aromatic carbocycles. The summed E-state index contributed by atoms with van der Waals surface area (Å²) in [6.45, 7) is 19.4. The van der Waals surface area contributed by atoms with Crippen LogP contribution in [0.3, 0.4) is 0 Å². The van der Waals surface area contributed by atoms with Crippen molar-refractivity contribution in [3.8, 4) is 0 Å². The molecular weight excluding hydrogens is 284 g/mol. The summed E-state index contributed by atoms with van der Waals surface area (Å²) < 4.78 is 0. The van der Waals surface area contributed by atoms with Gasteiger partial charge in [0.2, 0.25) is 0 Å². The molecule has 130 valence electrons. The smallest absolute Gasteiger partial charge is 0.336 e. The van der Waals surface area contributed by atoms with Gasteiger partial charge in [0, 0.05) is 0 Å². The first-order valence-electron chi connectivity index (χ1n) is 8.70. The zero-order valence-corrected chi connectivity index (χ0v) is 16.4. The summed E-state index contributed by atoms with van der Waals surface area (Å²) in [6.07, 6.45) is 1.93. The molecule has 0 aliphatic rings. The van der Waals surface area contributed by atoms with Gasteiger partial charge in [-0.2, -0.15) is 0 Å². The summed E-state index contributed by atoms with van der Waals surface area (Å²) in [5.41, 5.74) is 3.33. The van der Waals surface area contributed by atoms with Crippen LogP contribution in [-0.2, 0) is 16.2 Å². The van der Waals surface area contributed by atoms with Gasteiger partial charge in [0.15, 0.2) is 0 Å². The van der Waals surface area contributed by atoms with Gasteiger partial charge < -0.3 is 5.11 Å². The van der Waals surface area contributed by atoms with E-state index in [9.17, 15) is 9.90 Å². The highest BCUT2D eigenvalue weighted by Crippen LogP contribution is 2.40. The van der Waals surface area contributed by atoms with Crippen molar-refractivity contribution in [3.63, 3.8) is 0 Å². The van der Waals surface area contributed by atoms with Crippen LogP contribution >= 0.6 is 0 Å². The van der Waals surface area contributed by atoms with Crippen molar-refractivity contribution in [1.82, 2.24) is 0 Å². The van der Waals surface area contributed by atoms with Gasteiger partial charge in [0.1, 0.15) is 0 Å². The fourth-order valence-electron chi connectivity index (χ4n) is 2.78. The summed E-state index contributed by atoms with van der Waals surface area (Å²) in [5, 5.41) is 9.92. The molecule has 0 aromatic heterocycles. The van der Waals surface area contributed by atoms with Gasteiger partial charge in [-0.15, -0.1) is 0 Å². The third-order valence-electron chi connectivity index (χ3n) is 5.44. The molecule has 1 aromatic rings. The number of carboxylic acids is 1. The van der Waals surface area contributed by atoms with Gasteiger partial charge in [0.25, 0.3) is 0 Å². The number of hydrogen-bond acceptors (Lipinski definition) is 1. The van der Waals surface area contributed by atoms with Crippen LogP contribution in [0.4, 0.5) is 0 Å². The Kier molecular flexibility index (Phi) is 5.40. The summed E-state index contributed by atoms with van der Waals surface area (Å²) in [6, 6.07) is 4.27. The lowest BCUT2D eigenvalue weighted by atomic mass is 9.70. The molecule has 0 saturated heterocycles. The number of carbonyl (C=O) groups is 1. The maximum atomic E-state index is 12.1. The van der Waals surface area contributed by atoms with Gasteiger partial charge in [-0.1, -0.05) is 74.4 Å². The Morgan fingerprint density at radius 2 is 1.30 bits per heavy atom. The van der Waals surface area contributed by atoms with Crippen LogP contribution in [0.5, 0.6) is 0 Å². The van der Waals surface area contributed by atoms with E-state index in [0.29, 0.717) is 5.56 Å². The van der Waals surface area contributed by atoms with E-state index in [1.54, 1.807) is 0 Å². The Bertz CT molecular complexity index is 587. The molecule has 0 radical (unpaired) electrons. The fraction of sp³-hybridized carbons (Fsp3) is 0.667. The zero-order chi connectivity index (χ0) is 18.2. The topological polar surface area (TPSA) is 37.3 Å². The molecule has 0 heterocycles. The van der Waals surface area contributed by atoms with Crippen LogP contribution in [0.2, 0.25) is 0 Å². The maximum Gasteiger partial charge on any atom is 0.336 e. The van der Waals surface area contributed by atoms with Crippen LogP contribution in [0.15, 0.2) is 12.1 Å². The van der Waals surface area contributed by atoms with Crippen molar-refractivity contribution in [3.05, 3.63) is 34.4 Å². The van der Waals surface area contributed by atoms with E-state index in [0.717, 1.165) is 24.0 Å². The predicted octanol–water partition coefficient (Wildman–Crippen LogP) is 6.06. The van der Waals surface area contributed by atoms with Gasteiger partial charge in [-0.25, -0.2) is 4.79 Å². The highest BCUT2D eigenvalue weighted by molar-refractivity contribution is 5.92. The summed E-state index contributed by atoms with van der Waals surface area (Å²) in [7, 11) is 0. The molecule has 0 aliphatic heterocycles. The summed E-state index contributed by atoms with van der Waals surface area (Å²) >= 11 is 0. The summed E-state index contributed by atoms with van der Waals surface area (Å²) in [4.78, 5) is 12.1. The number of rotatable bonds is 5. The minimum Gasteiger partial charge on any atom is -0.478 e. The largest absolute Gasteiger partial charge is 0.478 e. The monoisotopic (exact) mass is 318 g/mol. The Hall–Kier alpha value is -1.31. The molecule has 1 rings (SSSR count). The van der Waals surface area contributed by atoms with E-state index in [1.807, 2.05) is 0 Å². The second kappa shape index (κ2) is 6.30. The number of benzene rings is 1. The molecule has 0 amide bonds. The SMILES string of the molecule is CCC(C)(C)c1cc(C(C)(C)C)c(C(=O)O)c(C(C)(C)CC)c1. The molecule has 2 heteroatoms. The first-order chi connectivity index (χ1) is 10.3. The molecule has 0 fully saturated rings. The molecule has 0 unspecified atom stereocenters. The second-order valence-electron chi connectivity index (χ2n) is 8.98. The van der Waals surface area contributed by atoms with E-state index in [4.69, 9.17) is 0 Å². The lowest BCUT2D eigenvalue weighted by Gasteiger charge is -2.34. The van der Waals surface area contributed by atoms with E-state index in [1.165, 1.54) is 5.56 Å². The predicted molar refractivity (Wildman–Crippen MR) is 98.7 cm³/mol. The standard InChI is InChI=1S/C21H34O2/c1-10-20(6,7)14-12-15(19(3,4)5)17(18(22)23)16(13-14)21(8,9)11-2/h12-13H,10-11H2,1-9H3,(H,22,23). The Labute approximate surface area is 142 Å². The molecule has 23 heavy (non-hydrogen) atoms. The summed E-state index contributed by atoms with van der Waals surface area (Å²) in [5.74, 6) is -0.813. The molecule has 0 aliphatic carbocycles. The molecule has 0 saturated carbocycles.